The Kier molecular flexibility index (Phi) is 7.53. The molecule has 0 unspecified atom stereocenters. The molecule has 0 aliphatic heterocycles. The summed E-state index contributed by atoms with van der Waals surface area (Å²) in [6.45, 7) is 2.52. The Balaban J connectivity index is 0.00000324. The fourth-order valence-electron chi connectivity index (χ4n) is 1.37. The van der Waals surface area contributed by atoms with E-state index in [4.69, 9.17) is 0 Å². The molecule has 0 saturated heterocycles. The quantitative estimate of drug-likeness (QED) is 0.230. The number of hydrogen-bond donors (Lipinski definition) is 1. The third kappa shape index (κ3) is 5.45. The molecule has 0 fully saturated rings. The summed E-state index contributed by atoms with van der Waals surface area (Å²) >= 11 is 0. The van der Waals surface area contributed by atoms with Crippen molar-refractivity contribution in [2.45, 2.75) is 24.7 Å². The number of rotatable bonds is 6. The molecule has 1 rings (SSSR count). The summed E-state index contributed by atoms with van der Waals surface area (Å²) in [6, 6.07) is 3.07. The molecule has 0 spiro atoms. The van der Waals surface area contributed by atoms with E-state index < -0.39 is 25.6 Å². The molecule has 0 heterocycles. The molecule has 0 atom stereocenters. The zero-order chi connectivity index (χ0) is 13.8. The number of nitrogens with one attached hydrogen (secondary N) is 1. The molecule has 0 aliphatic rings. The van der Waals surface area contributed by atoms with Crippen molar-refractivity contribution in [2.75, 3.05) is 11.9 Å². The Labute approximate surface area is 133 Å². The Morgan fingerprint density at radius 3 is 2.47 bits per heavy atom. The molecule has 7 nitrogen and oxygen atoms in total. The standard InChI is InChI=1S/C10H14N2O5S.Na/c1-2-3-6-11-9-5-4-8(18(15,16)17)7-10(9)12(13)14;/h4-5,7,11H,2-3,6H2,1H3,(H,15,16,17);/q;+1/p-1. The maximum atomic E-state index is 10.8. The van der Waals surface area contributed by atoms with E-state index in [1.807, 2.05) is 6.92 Å². The minimum absolute atomic E-state index is 0. The smallest absolute Gasteiger partial charge is 0.744 e. The second-order valence-corrected chi connectivity index (χ2v) is 5.05. The van der Waals surface area contributed by atoms with Crippen LogP contribution in [-0.2, 0) is 10.1 Å². The Hall–Kier alpha value is -0.670. The van der Waals surface area contributed by atoms with Gasteiger partial charge in [0.05, 0.1) is 9.82 Å². The van der Waals surface area contributed by atoms with E-state index in [0.717, 1.165) is 25.0 Å². The van der Waals surface area contributed by atoms with Gasteiger partial charge in [-0.2, -0.15) is 0 Å². The number of nitrogens with zero attached hydrogens (tertiary/aromatic N) is 1. The van der Waals surface area contributed by atoms with E-state index in [0.29, 0.717) is 6.54 Å². The third-order valence-corrected chi connectivity index (χ3v) is 3.13. The molecule has 1 N–H and O–H groups in total. The zero-order valence-electron chi connectivity index (χ0n) is 10.8. The third-order valence-electron chi connectivity index (χ3n) is 2.30. The van der Waals surface area contributed by atoms with Crippen LogP contribution in [0.15, 0.2) is 23.1 Å². The summed E-state index contributed by atoms with van der Waals surface area (Å²) in [7, 11) is -4.68. The summed E-state index contributed by atoms with van der Waals surface area (Å²) in [4.78, 5) is 9.48. The van der Waals surface area contributed by atoms with Gasteiger partial charge in [-0.05, 0) is 18.6 Å². The first kappa shape index (κ1) is 18.3. The van der Waals surface area contributed by atoms with Gasteiger partial charge in [-0.1, -0.05) is 13.3 Å². The summed E-state index contributed by atoms with van der Waals surface area (Å²) in [6.07, 6.45) is 1.76. The second-order valence-electron chi connectivity index (χ2n) is 3.67. The van der Waals surface area contributed by atoms with Crippen molar-refractivity contribution >= 4 is 21.5 Å². The van der Waals surface area contributed by atoms with Crippen molar-refractivity contribution in [3.05, 3.63) is 28.3 Å². The van der Waals surface area contributed by atoms with Crippen molar-refractivity contribution in [3.63, 3.8) is 0 Å². The Morgan fingerprint density at radius 2 is 2.00 bits per heavy atom. The SMILES string of the molecule is CCCCNc1ccc(S(=O)(=O)[O-])cc1[N+](=O)[O-].[Na+]. The van der Waals surface area contributed by atoms with Gasteiger partial charge in [-0.15, -0.1) is 0 Å². The predicted molar refractivity (Wildman–Crippen MR) is 64.5 cm³/mol. The van der Waals surface area contributed by atoms with E-state index >= 15 is 0 Å². The summed E-state index contributed by atoms with van der Waals surface area (Å²) in [5.41, 5.74) is -0.205. The van der Waals surface area contributed by atoms with Crippen LogP contribution in [-0.4, -0.2) is 24.4 Å². The van der Waals surface area contributed by atoms with Gasteiger partial charge < -0.3 is 9.87 Å². The molecule has 0 aliphatic carbocycles. The van der Waals surface area contributed by atoms with E-state index in [9.17, 15) is 23.1 Å². The molecule has 19 heavy (non-hydrogen) atoms. The summed E-state index contributed by atoms with van der Waals surface area (Å²) in [5.74, 6) is 0. The van der Waals surface area contributed by atoms with Gasteiger partial charge >= 0.3 is 29.6 Å². The number of nitro benzene ring substituents is 1. The molecule has 0 aromatic heterocycles. The molecule has 0 radical (unpaired) electrons. The predicted octanol–water partition coefficient (Wildman–Crippen LogP) is -1.29. The fourth-order valence-corrected chi connectivity index (χ4v) is 1.86. The van der Waals surface area contributed by atoms with Gasteiger partial charge in [-0.25, -0.2) is 8.42 Å². The maximum absolute atomic E-state index is 10.8. The van der Waals surface area contributed by atoms with Crippen LogP contribution in [0.25, 0.3) is 0 Å². The molecular weight excluding hydrogens is 283 g/mol. The van der Waals surface area contributed by atoms with Crippen molar-refractivity contribution < 1.29 is 47.5 Å². The van der Waals surface area contributed by atoms with Crippen molar-refractivity contribution in [1.82, 2.24) is 0 Å². The minimum Gasteiger partial charge on any atom is -0.744 e. The fraction of sp³-hybridized carbons (Fsp3) is 0.400. The number of anilines is 1. The molecule has 1 aromatic carbocycles. The normalized spacial score (nSPS) is 10.6. The van der Waals surface area contributed by atoms with Crippen LogP contribution < -0.4 is 34.9 Å². The van der Waals surface area contributed by atoms with E-state index in [1.165, 1.54) is 6.07 Å². The van der Waals surface area contributed by atoms with Crippen LogP contribution in [0.4, 0.5) is 11.4 Å². The first-order valence-electron chi connectivity index (χ1n) is 5.34. The van der Waals surface area contributed by atoms with Crippen LogP contribution in [0, 0.1) is 10.1 Å². The van der Waals surface area contributed by atoms with E-state index in [2.05, 4.69) is 5.32 Å². The second kappa shape index (κ2) is 7.81. The van der Waals surface area contributed by atoms with Gasteiger partial charge in [0.25, 0.3) is 5.69 Å². The number of unbranched alkanes of at least 4 members (excludes halogenated alkanes) is 1. The van der Waals surface area contributed by atoms with Gasteiger partial charge in [0.2, 0.25) is 0 Å². The number of hydrogen-bond acceptors (Lipinski definition) is 6. The monoisotopic (exact) mass is 296 g/mol. The molecule has 100 valence electrons. The summed E-state index contributed by atoms with van der Waals surface area (Å²) in [5, 5.41) is 13.6. The molecular formula is C10H13N2NaO5S. The van der Waals surface area contributed by atoms with Crippen molar-refractivity contribution in [1.29, 1.82) is 0 Å². The van der Waals surface area contributed by atoms with Crippen molar-refractivity contribution in [3.8, 4) is 0 Å². The van der Waals surface area contributed by atoms with Crippen LogP contribution in [0.5, 0.6) is 0 Å². The Morgan fingerprint density at radius 1 is 1.37 bits per heavy atom. The van der Waals surface area contributed by atoms with E-state index in [1.54, 1.807) is 0 Å². The topological polar surface area (TPSA) is 112 Å². The zero-order valence-corrected chi connectivity index (χ0v) is 13.6. The van der Waals surface area contributed by atoms with Gasteiger partial charge in [0, 0.05) is 12.6 Å². The molecule has 0 bridgehead atoms. The minimum atomic E-state index is -4.68. The number of nitro groups is 1. The first-order valence-corrected chi connectivity index (χ1v) is 6.75. The maximum Gasteiger partial charge on any atom is 1.00 e. The van der Waals surface area contributed by atoms with Crippen LogP contribution in [0.1, 0.15) is 19.8 Å². The van der Waals surface area contributed by atoms with Crippen LogP contribution in [0.2, 0.25) is 0 Å². The largest absolute Gasteiger partial charge is 1.00 e. The van der Waals surface area contributed by atoms with E-state index in [-0.39, 0.29) is 35.2 Å². The number of benzene rings is 1. The van der Waals surface area contributed by atoms with Gasteiger partial charge in [0.15, 0.2) is 0 Å². The Bertz CT molecular complexity index is 547. The van der Waals surface area contributed by atoms with Gasteiger partial charge in [-0.3, -0.25) is 10.1 Å². The molecule has 9 heteroatoms. The van der Waals surface area contributed by atoms with Crippen LogP contribution in [0.3, 0.4) is 0 Å². The van der Waals surface area contributed by atoms with Crippen molar-refractivity contribution in [2.24, 2.45) is 0 Å². The summed E-state index contributed by atoms with van der Waals surface area (Å²) < 4.78 is 32.3. The van der Waals surface area contributed by atoms with Crippen LogP contribution >= 0.6 is 0 Å². The average molecular weight is 296 g/mol. The molecule has 0 saturated carbocycles. The van der Waals surface area contributed by atoms with Gasteiger partial charge in [0.1, 0.15) is 15.8 Å². The molecule has 1 aromatic rings. The average Bonchev–Trinajstić information content (AvgIpc) is 2.28. The molecule has 0 amide bonds. The first-order chi connectivity index (χ1) is 8.36.